The maximum Gasteiger partial charge on any atom is 0.257 e. The van der Waals surface area contributed by atoms with Crippen LogP contribution in [0.4, 0.5) is 5.13 Å². The van der Waals surface area contributed by atoms with E-state index in [4.69, 9.17) is 16.3 Å². The third-order valence-corrected chi connectivity index (χ3v) is 8.80. The van der Waals surface area contributed by atoms with Crippen LogP contribution < -0.4 is 5.32 Å². The van der Waals surface area contributed by atoms with Gasteiger partial charge >= 0.3 is 0 Å². The van der Waals surface area contributed by atoms with Crippen molar-refractivity contribution in [2.45, 2.75) is 37.9 Å². The number of thiazole rings is 1. The van der Waals surface area contributed by atoms with Crippen molar-refractivity contribution in [3.8, 4) is 11.3 Å². The van der Waals surface area contributed by atoms with Gasteiger partial charge < -0.3 is 4.74 Å². The third kappa shape index (κ3) is 5.46. The lowest BCUT2D eigenvalue weighted by Crippen LogP contribution is -2.48. The Kier molecular flexibility index (Phi) is 7.39. The number of nitrogens with zero attached hydrogens (tertiary/aromatic N) is 2. The Bertz CT molecular complexity index is 1370. The Balaban J connectivity index is 1.62. The second-order valence-electron chi connectivity index (χ2n) is 8.30. The number of nitrogens with one attached hydrogen (secondary N) is 1. The standard InChI is InChI=1S/C24H24ClN3O5S2/c1-14-12-28(13-15(2)33-14)35(31,32)20-11-18(9-10-19(20)25)23(30)27-24-26-21(22(34-24)16(3)29)17-7-5-4-6-8-17/h4-11,14-15H,12-13H2,1-3H3,(H,26,27,30). The van der Waals surface area contributed by atoms with E-state index in [-0.39, 0.29) is 51.7 Å². The van der Waals surface area contributed by atoms with Crippen molar-refractivity contribution in [2.24, 2.45) is 0 Å². The lowest BCUT2D eigenvalue weighted by Gasteiger charge is -2.34. The quantitative estimate of drug-likeness (QED) is 0.460. The van der Waals surface area contributed by atoms with Crippen LogP contribution in [0.25, 0.3) is 11.3 Å². The average Bonchev–Trinajstić information content (AvgIpc) is 3.23. The van der Waals surface area contributed by atoms with Crippen LogP contribution in [0, 0.1) is 0 Å². The van der Waals surface area contributed by atoms with Crippen LogP contribution in [0.15, 0.2) is 53.4 Å². The summed E-state index contributed by atoms with van der Waals surface area (Å²) in [6.45, 7) is 5.42. The van der Waals surface area contributed by atoms with Gasteiger partial charge in [-0.2, -0.15) is 4.31 Å². The number of carbonyl (C=O) groups excluding carboxylic acids is 2. The lowest BCUT2D eigenvalue weighted by atomic mass is 10.1. The first-order valence-corrected chi connectivity index (χ1v) is 13.5. The normalized spacial score (nSPS) is 18.9. The van der Waals surface area contributed by atoms with E-state index in [0.717, 1.165) is 16.9 Å². The summed E-state index contributed by atoms with van der Waals surface area (Å²) < 4.78 is 33.6. The molecule has 1 aliphatic rings. The van der Waals surface area contributed by atoms with Gasteiger partial charge in [-0.25, -0.2) is 13.4 Å². The Hall–Kier alpha value is -2.63. The molecule has 2 unspecified atom stereocenters. The summed E-state index contributed by atoms with van der Waals surface area (Å²) in [5, 5.41) is 2.93. The van der Waals surface area contributed by atoms with E-state index in [1.165, 1.54) is 29.4 Å². The summed E-state index contributed by atoms with van der Waals surface area (Å²) in [4.78, 5) is 29.9. The first kappa shape index (κ1) is 25.5. The van der Waals surface area contributed by atoms with Crippen molar-refractivity contribution in [3.63, 3.8) is 0 Å². The Morgan fingerprint density at radius 1 is 1.11 bits per heavy atom. The molecule has 184 valence electrons. The van der Waals surface area contributed by atoms with Gasteiger partial charge in [0.1, 0.15) is 4.90 Å². The smallest absolute Gasteiger partial charge is 0.257 e. The maximum absolute atomic E-state index is 13.3. The fourth-order valence-electron chi connectivity index (χ4n) is 3.88. The summed E-state index contributed by atoms with van der Waals surface area (Å²) in [7, 11) is -3.95. The van der Waals surface area contributed by atoms with Gasteiger partial charge in [0.2, 0.25) is 10.0 Å². The minimum Gasteiger partial charge on any atom is -0.373 e. The third-order valence-electron chi connectivity index (χ3n) is 5.41. The predicted molar refractivity (Wildman–Crippen MR) is 136 cm³/mol. The zero-order valence-corrected chi connectivity index (χ0v) is 21.7. The molecule has 2 heterocycles. The summed E-state index contributed by atoms with van der Waals surface area (Å²) in [5.41, 5.74) is 1.33. The van der Waals surface area contributed by atoms with E-state index >= 15 is 0 Å². The number of morpholine rings is 1. The molecule has 0 bridgehead atoms. The number of benzene rings is 2. The number of aromatic nitrogens is 1. The Morgan fingerprint density at radius 2 is 1.77 bits per heavy atom. The molecule has 1 fully saturated rings. The van der Waals surface area contributed by atoms with Crippen LogP contribution in [-0.4, -0.2) is 54.7 Å². The van der Waals surface area contributed by atoms with Crippen LogP contribution in [-0.2, 0) is 14.8 Å². The number of hydrogen-bond acceptors (Lipinski definition) is 7. The van der Waals surface area contributed by atoms with Crippen molar-refractivity contribution < 1.29 is 22.7 Å². The number of carbonyl (C=O) groups is 2. The molecule has 4 rings (SSSR count). The van der Waals surface area contributed by atoms with Crippen LogP contribution in [0.5, 0.6) is 0 Å². The number of Topliss-reactive ketones (excluding diaryl/α,β-unsaturated/α-hetero) is 1. The zero-order valence-electron chi connectivity index (χ0n) is 19.3. The first-order valence-electron chi connectivity index (χ1n) is 10.9. The van der Waals surface area contributed by atoms with Gasteiger partial charge in [0.25, 0.3) is 5.91 Å². The number of ketones is 1. The van der Waals surface area contributed by atoms with E-state index in [1.54, 1.807) is 13.8 Å². The topological polar surface area (TPSA) is 106 Å². The van der Waals surface area contributed by atoms with Gasteiger partial charge in [-0.05, 0) is 32.0 Å². The van der Waals surface area contributed by atoms with E-state index in [0.29, 0.717) is 10.6 Å². The molecule has 35 heavy (non-hydrogen) atoms. The molecule has 1 aromatic heterocycles. The monoisotopic (exact) mass is 533 g/mol. The number of hydrogen-bond donors (Lipinski definition) is 1. The van der Waals surface area contributed by atoms with E-state index in [1.807, 2.05) is 30.3 Å². The molecule has 1 saturated heterocycles. The number of ether oxygens (including phenoxy) is 1. The Labute approximate surface area is 212 Å². The number of amides is 1. The van der Waals surface area contributed by atoms with Crippen molar-refractivity contribution in [2.75, 3.05) is 18.4 Å². The highest BCUT2D eigenvalue weighted by Gasteiger charge is 2.34. The molecule has 0 radical (unpaired) electrons. The van der Waals surface area contributed by atoms with Gasteiger partial charge in [-0.3, -0.25) is 14.9 Å². The molecule has 1 aliphatic heterocycles. The number of rotatable bonds is 6. The van der Waals surface area contributed by atoms with Crippen molar-refractivity contribution >= 4 is 49.8 Å². The fraction of sp³-hybridized carbons (Fsp3) is 0.292. The first-order chi connectivity index (χ1) is 16.6. The van der Waals surface area contributed by atoms with Crippen LogP contribution in [0.2, 0.25) is 5.02 Å². The summed E-state index contributed by atoms with van der Waals surface area (Å²) >= 11 is 7.31. The van der Waals surface area contributed by atoms with Gasteiger partial charge in [0, 0.05) is 31.1 Å². The van der Waals surface area contributed by atoms with Crippen LogP contribution >= 0.6 is 22.9 Å². The largest absolute Gasteiger partial charge is 0.373 e. The summed E-state index contributed by atoms with van der Waals surface area (Å²) in [6, 6.07) is 13.3. The highest BCUT2D eigenvalue weighted by Crippen LogP contribution is 2.32. The highest BCUT2D eigenvalue weighted by molar-refractivity contribution is 7.89. The lowest BCUT2D eigenvalue weighted by molar-refractivity contribution is -0.0440. The molecule has 1 amide bonds. The molecule has 2 atom stereocenters. The minimum atomic E-state index is -3.95. The second kappa shape index (κ2) is 10.2. The average molecular weight is 534 g/mol. The van der Waals surface area contributed by atoms with Gasteiger partial charge in [-0.1, -0.05) is 53.3 Å². The van der Waals surface area contributed by atoms with E-state index < -0.39 is 15.9 Å². The van der Waals surface area contributed by atoms with Crippen molar-refractivity contribution in [1.29, 1.82) is 0 Å². The van der Waals surface area contributed by atoms with E-state index in [2.05, 4.69) is 10.3 Å². The molecule has 8 nitrogen and oxygen atoms in total. The number of sulfonamides is 1. The molecular formula is C24H24ClN3O5S2. The molecule has 0 aliphatic carbocycles. The fourth-order valence-corrected chi connectivity index (χ4v) is 6.85. The van der Waals surface area contributed by atoms with Crippen molar-refractivity contribution in [3.05, 3.63) is 64.0 Å². The molecule has 11 heteroatoms. The van der Waals surface area contributed by atoms with E-state index in [9.17, 15) is 18.0 Å². The molecule has 1 N–H and O–H groups in total. The van der Waals surface area contributed by atoms with Gasteiger partial charge in [0.15, 0.2) is 10.9 Å². The molecule has 0 spiro atoms. The van der Waals surface area contributed by atoms with Gasteiger partial charge in [0.05, 0.1) is 27.8 Å². The number of anilines is 1. The van der Waals surface area contributed by atoms with Crippen LogP contribution in [0.1, 0.15) is 40.8 Å². The number of halogens is 1. The summed E-state index contributed by atoms with van der Waals surface area (Å²) in [5.74, 6) is -0.735. The highest BCUT2D eigenvalue weighted by atomic mass is 35.5. The van der Waals surface area contributed by atoms with Crippen LogP contribution in [0.3, 0.4) is 0 Å². The second-order valence-corrected chi connectivity index (χ2v) is 11.6. The van der Waals surface area contributed by atoms with Crippen molar-refractivity contribution in [1.82, 2.24) is 9.29 Å². The van der Waals surface area contributed by atoms with Gasteiger partial charge in [-0.15, -0.1) is 0 Å². The maximum atomic E-state index is 13.3. The molecule has 0 saturated carbocycles. The molecule has 2 aromatic carbocycles. The molecule has 3 aromatic rings. The SMILES string of the molecule is CC(=O)c1sc(NC(=O)c2ccc(Cl)c(S(=O)(=O)N3CC(C)OC(C)C3)c2)nc1-c1ccccc1. The summed E-state index contributed by atoms with van der Waals surface area (Å²) in [6.07, 6.45) is -0.532. The molecular weight excluding hydrogens is 510 g/mol. The Morgan fingerprint density at radius 3 is 2.40 bits per heavy atom. The predicted octanol–water partition coefficient (Wildman–Crippen LogP) is 4.72. The minimum absolute atomic E-state index is 0.0211. The zero-order chi connectivity index (χ0) is 25.3.